The fourth-order valence-electron chi connectivity index (χ4n) is 1.96. The molecule has 0 atom stereocenters. The molecule has 0 aliphatic carbocycles. The number of anilines is 1. The molecule has 5 nitrogen and oxygen atoms in total. The van der Waals surface area contributed by atoms with E-state index in [2.05, 4.69) is 19.2 Å². The highest BCUT2D eigenvalue weighted by molar-refractivity contribution is 5.64. The average Bonchev–Trinajstić information content (AvgIpc) is 2.51. The van der Waals surface area contributed by atoms with Crippen molar-refractivity contribution in [1.82, 2.24) is 0 Å². The number of hydrogen-bond donors (Lipinski definition) is 1. The molecule has 0 aliphatic rings. The van der Waals surface area contributed by atoms with Gasteiger partial charge in [0.1, 0.15) is 18.0 Å². The number of nitro benzene ring substituents is 1. The topological polar surface area (TPSA) is 64.4 Å². The monoisotopic (exact) mass is 300 g/mol. The van der Waals surface area contributed by atoms with Gasteiger partial charge in [0.15, 0.2) is 0 Å². The Bertz CT molecular complexity index is 627. The summed E-state index contributed by atoms with van der Waals surface area (Å²) >= 11 is 0. The highest BCUT2D eigenvalue weighted by atomic mass is 16.6. The van der Waals surface area contributed by atoms with E-state index in [0.717, 1.165) is 5.56 Å². The van der Waals surface area contributed by atoms with Crippen molar-refractivity contribution in [2.24, 2.45) is 5.92 Å². The van der Waals surface area contributed by atoms with Crippen LogP contribution in [0.1, 0.15) is 19.4 Å². The Morgan fingerprint density at radius 2 is 1.91 bits per heavy atom. The molecule has 22 heavy (non-hydrogen) atoms. The van der Waals surface area contributed by atoms with Gasteiger partial charge in [0.25, 0.3) is 5.69 Å². The van der Waals surface area contributed by atoms with Crippen molar-refractivity contribution in [2.75, 3.05) is 11.9 Å². The van der Waals surface area contributed by atoms with Crippen LogP contribution >= 0.6 is 0 Å². The number of nitro groups is 1. The molecule has 1 N–H and O–H groups in total. The van der Waals surface area contributed by atoms with E-state index in [-0.39, 0.29) is 10.6 Å². The highest BCUT2D eigenvalue weighted by Crippen LogP contribution is 2.29. The number of ether oxygens (including phenoxy) is 1. The molecule has 2 rings (SSSR count). The largest absolute Gasteiger partial charge is 0.489 e. The third-order valence-electron chi connectivity index (χ3n) is 3.11. The summed E-state index contributed by atoms with van der Waals surface area (Å²) in [7, 11) is 0. The first kappa shape index (κ1) is 15.8. The van der Waals surface area contributed by atoms with E-state index in [1.807, 2.05) is 30.3 Å². The molecule has 116 valence electrons. The standard InChI is InChI=1S/C17H20N2O3/c1-13(2)11-18-16-10-15(8-9-17(16)19(20)21)22-12-14-6-4-3-5-7-14/h3-10,13,18H,11-12H2,1-2H3. The predicted octanol–water partition coefficient (Wildman–Crippen LogP) is 4.24. The number of rotatable bonds is 7. The van der Waals surface area contributed by atoms with Crippen LogP contribution in [-0.4, -0.2) is 11.5 Å². The summed E-state index contributed by atoms with van der Waals surface area (Å²) < 4.78 is 5.71. The van der Waals surface area contributed by atoms with Gasteiger partial charge < -0.3 is 10.1 Å². The summed E-state index contributed by atoms with van der Waals surface area (Å²) in [4.78, 5) is 10.7. The average molecular weight is 300 g/mol. The summed E-state index contributed by atoms with van der Waals surface area (Å²) in [6, 6.07) is 14.6. The summed E-state index contributed by atoms with van der Waals surface area (Å²) in [6.07, 6.45) is 0. The minimum absolute atomic E-state index is 0.0627. The van der Waals surface area contributed by atoms with Crippen LogP contribution in [-0.2, 0) is 6.61 Å². The van der Waals surface area contributed by atoms with Gasteiger partial charge in [-0.15, -0.1) is 0 Å². The summed E-state index contributed by atoms with van der Waals surface area (Å²) in [5, 5.41) is 14.2. The van der Waals surface area contributed by atoms with Crippen LogP contribution in [0.3, 0.4) is 0 Å². The van der Waals surface area contributed by atoms with Crippen LogP contribution in [0.5, 0.6) is 5.75 Å². The van der Waals surface area contributed by atoms with Gasteiger partial charge in [-0.1, -0.05) is 44.2 Å². The van der Waals surface area contributed by atoms with Crippen LogP contribution in [0.25, 0.3) is 0 Å². The second-order valence-electron chi connectivity index (χ2n) is 5.49. The Morgan fingerprint density at radius 3 is 2.55 bits per heavy atom. The van der Waals surface area contributed by atoms with Crippen LogP contribution in [0.2, 0.25) is 0 Å². The SMILES string of the molecule is CC(C)CNc1cc(OCc2ccccc2)ccc1[N+](=O)[O-]. The Hall–Kier alpha value is -2.56. The Morgan fingerprint density at radius 1 is 1.18 bits per heavy atom. The molecule has 0 fully saturated rings. The zero-order chi connectivity index (χ0) is 15.9. The lowest BCUT2D eigenvalue weighted by atomic mass is 10.2. The molecular formula is C17H20N2O3. The highest BCUT2D eigenvalue weighted by Gasteiger charge is 2.14. The molecule has 0 saturated carbocycles. The second-order valence-corrected chi connectivity index (χ2v) is 5.49. The lowest BCUT2D eigenvalue weighted by molar-refractivity contribution is -0.384. The first-order chi connectivity index (χ1) is 10.6. The fraction of sp³-hybridized carbons (Fsp3) is 0.294. The Balaban J connectivity index is 2.11. The number of nitrogens with one attached hydrogen (secondary N) is 1. The zero-order valence-electron chi connectivity index (χ0n) is 12.8. The van der Waals surface area contributed by atoms with Gasteiger partial charge in [-0.3, -0.25) is 10.1 Å². The quantitative estimate of drug-likeness (QED) is 0.613. The normalized spacial score (nSPS) is 10.5. The van der Waals surface area contributed by atoms with Crippen LogP contribution in [0.15, 0.2) is 48.5 Å². The molecule has 0 bridgehead atoms. The molecule has 0 radical (unpaired) electrons. The summed E-state index contributed by atoms with van der Waals surface area (Å²) in [6.45, 7) is 5.20. The third kappa shape index (κ3) is 4.48. The maximum absolute atomic E-state index is 11.1. The second kappa shape index (κ2) is 7.45. The van der Waals surface area contributed by atoms with Crippen LogP contribution < -0.4 is 10.1 Å². The van der Waals surface area contributed by atoms with Crippen LogP contribution in [0.4, 0.5) is 11.4 Å². The van der Waals surface area contributed by atoms with Crippen molar-refractivity contribution in [3.63, 3.8) is 0 Å². The van der Waals surface area contributed by atoms with E-state index in [4.69, 9.17) is 4.74 Å². The molecule has 2 aromatic rings. The van der Waals surface area contributed by atoms with E-state index in [9.17, 15) is 10.1 Å². The summed E-state index contributed by atoms with van der Waals surface area (Å²) in [5.74, 6) is 1.01. The van der Waals surface area contributed by atoms with Crippen molar-refractivity contribution >= 4 is 11.4 Å². The van der Waals surface area contributed by atoms with Gasteiger partial charge in [0, 0.05) is 18.7 Å². The number of nitrogens with zero attached hydrogens (tertiary/aromatic N) is 1. The molecule has 0 saturated heterocycles. The maximum Gasteiger partial charge on any atom is 0.292 e. The molecule has 0 unspecified atom stereocenters. The van der Waals surface area contributed by atoms with Crippen LogP contribution in [0, 0.1) is 16.0 Å². The molecule has 0 amide bonds. The molecule has 2 aromatic carbocycles. The number of benzene rings is 2. The lowest BCUT2D eigenvalue weighted by Gasteiger charge is -2.12. The van der Waals surface area contributed by atoms with Crippen molar-refractivity contribution in [2.45, 2.75) is 20.5 Å². The minimum atomic E-state index is -0.385. The van der Waals surface area contributed by atoms with E-state index in [1.54, 1.807) is 12.1 Å². The van der Waals surface area contributed by atoms with Gasteiger partial charge in [-0.05, 0) is 17.5 Å². The van der Waals surface area contributed by atoms with Crippen molar-refractivity contribution in [1.29, 1.82) is 0 Å². The zero-order valence-corrected chi connectivity index (χ0v) is 12.8. The predicted molar refractivity (Wildman–Crippen MR) is 87.2 cm³/mol. The Kier molecular flexibility index (Phi) is 5.36. The van der Waals surface area contributed by atoms with Gasteiger partial charge in [0.2, 0.25) is 0 Å². The fourth-order valence-corrected chi connectivity index (χ4v) is 1.96. The minimum Gasteiger partial charge on any atom is -0.489 e. The third-order valence-corrected chi connectivity index (χ3v) is 3.11. The molecule has 5 heteroatoms. The lowest BCUT2D eigenvalue weighted by Crippen LogP contribution is -2.09. The van der Waals surface area contributed by atoms with Crippen molar-refractivity contribution in [3.8, 4) is 5.75 Å². The van der Waals surface area contributed by atoms with Gasteiger partial charge in [-0.25, -0.2) is 0 Å². The molecular weight excluding hydrogens is 280 g/mol. The molecule has 0 spiro atoms. The van der Waals surface area contributed by atoms with E-state index < -0.39 is 0 Å². The van der Waals surface area contributed by atoms with E-state index in [1.165, 1.54) is 6.07 Å². The van der Waals surface area contributed by atoms with Crippen molar-refractivity contribution in [3.05, 3.63) is 64.2 Å². The van der Waals surface area contributed by atoms with Gasteiger partial charge in [-0.2, -0.15) is 0 Å². The summed E-state index contributed by atoms with van der Waals surface area (Å²) in [5.41, 5.74) is 1.61. The Labute approximate surface area is 130 Å². The first-order valence-electron chi connectivity index (χ1n) is 7.25. The molecule has 0 heterocycles. The van der Waals surface area contributed by atoms with Crippen molar-refractivity contribution < 1.29 is 9.66 Å². The molecule has 0 aliphatic heterocycles. The maximum atomic E-state index is 11.1. The van der Waals surface area contributed by atoms with E-state index >= 15 is 0 Å². The van der Waals surface area contributed by atoms with E-state index in [0.29, 0.717) is 30.5 Å². The van der Waals surface area contributed by atoms with Gasteiger partial charge in [0.05, 0.1) is 4.92 Å². The smallest absolute Gasteiger partial charge is 0.292 e. The molecule has 0 aromatic heterocycles. The first-order valence-corrected chi connectivity index (χ1v) is 7.25. The number of hydrogen-bond acceptors (Lipinski definition) is 4. The van der Waals surface area contributed by atoms with Gasteiger partial charge >= 0.3 is 0 Å².